The fraction of sp³-hybridized carbons (Fsp3) is 0.167. The zero-order chi connectivity index (χ0) is 10.1. The number of hydrogen-bond acceptors (Lipinski definition) is 3. The summed E-state index contributed by atoms with van der Waals surface area (Å²) in [5, 5.41) is 0. The van der Waals surface area contributed by atoms with Crippen molar-refractivity contribution in [2.75, 3.05) is 5.73 Å². The van der Waals surface area contributed by atoms with E-state index in [0.29, 0.717) is 0 Å². The third kappa shape index (κ3) is 2.76. The monoisotopic (exact) mass is 256 g/mol. The minimum atomic E-state index is -4.76. The smallest absolute Gasteiger partial charge is 0.398 e. The molecular weight excluding hydrogens is 253 g/mol. The number of halogens is 4. The van der Waals surface area contributed by atoms with Gasteiger partial charge in [-0.25, -0.2) is 4.98 Å². The van der Waals surface area contributed by atoms with Crippen LogP contribution in [0.25, 0.3) is 0 Å². The topological polar surface area (TPSA) is 48.1 Å². The highest BCUT2D eigenvalue weighted by atomic mass is 79.9. The molecule has 2 N–H and O–H groups in total. The Morgan fingerprint density at radius 3 is 2.62 bits per heavy atom. The second-order valence-corrected chi connectivity index (χ2v) is 2.86. The highest BCUT2D eigenvalue weighted by Gasteiger charge is 2.32. The molecule has 13 heavy (non-hydrogen) atoms. The summed E-state index contributed by atoms with van der Waals surface area (Å²) < 4.78 is 38.8. The lowest BCUT2D eigenvalue weighted by atomic mass is 10.4. The van der Waals surface area contributed by atoms with Gasteiger partial charge in [-0.15, -0.1) is 13.2 Å². The van der Waals surface area contributed by atoms with Crippen LogP contribution in [-0.2, 0) is 0 Å². The largest absolute Gasteiger partial charge is 0.574 e. The van der Waals surface area contributed by atoms with Crippen LogP contribution in [0.5, 0.6) is 5.88 Å². The maximum absolute atomic E-state index is 11.7. The quantitative estimate of drug-likeness (QED) is 0.839. The third-order valence-electron chi connectivity index (χ3n) is 1.10. The van der Waals surface area contributed by atoms with Crippen LogP contribution >= 0.6 is 15.9 Å². The molecule has 0 amide bonds. The van der Waals surface area contributed by atoms with Crippen molar-refractivity contribution >= 4 is 21.6 Å². The Hall–Kier alpha value is -0.980. The molecule has 0 fully saturated rings. The average Bonchev–Trinajstić information content (AvgIpc) is 1.96. The number of nitrogens with zero attached hydrogens (tertiary/aromatic N) is 1. The predicted molar refractivity (Wildman–Crippen MR) is 43.0 cm³/mol. The molecule has 0 radical (unpaired) electrons. The van der Waals surface area contributed by atoms with E-state index in [1.165, 1.54) is 6.07 Å². The molecular formula is C6H4BrF3N2O. The van der Waals surface area contributed by atoms with E-state index in [0.717, 1.165) is 6.20 Å². The van der Waals surface area contributed by atoms with Crippen molar-refractivity contribution in [2.24, 2.45) is 0 Å². The lowest BCUT2D eigenvalue weighted by molar-refractivity contribution is -0.276. The number of pyridine rings is 1. The molecule has 72 valence electrons. The highest BCUT2D eigenvalue weighted by Crippen LogP contribution is 2.31. The van der Waals surface area contributed by atoms with Crippen molar-refractivity contribution in [1.82, 2.24) is 4.98 Å². The van der Waals surface area contributed by atoms with E-state index in [9.17, 15) is 13.2 Å². The van der Waals surface area contributed by atoms with Crippen molar-refractivity contribution in [3.05, 3.63) is 16.7 Å². The van der Waals surface area contributed by atoms with Crippen LogP contribution in [0.2, 0.25) is 0 Å². The van der Waals surface area contributed by atoms with Gasteiger partial charge in [0.2, 0.25) is 5.88 Å². The second kappa shape index (κ2) is 3.41. The molecule has 0 bridgehead atoms. The van der Waals surface area contributed by atoms with E-state index in [4.69, 9.17) is 5.73 Å². The van der Waals surface area contributed by atoms with Gasteiger partial charge in [0, 0.05) is 6.20 Å². The molecule has 0 atom stereocenters. The van der Waals surface area contributed by atoms with Crippen LogP contribution in [-0.4, -0.2) is 11.3 Å². The number of anilines is 1. The summed E-state index contributed by atoms with van der Waals surface area (Å²) in [6, 6.07) is 1.35. The van der Waals surface area contributed by atoms with Crippen molar-refractivity contribution in [3.8, 4) is 5.88 Å². The molecule has 1 aromatic heterocycles. The van der Waals surface area contributed by atoms with Gasteiger partial charge in [-0.05, 0) is 22.0 Å². The van der Waals surface area contributed by atoms with Crippen LogP contribution in [0.15, 0.2) is 16.7 Å². The summed E-state index contributed by atoms with van der Waals surface area (Å²) in [5.41, 5.74) is 5.44. The first-order chi connectivity index (χ1) is 5.90. The normalized spacial score (nSPS) is 11.4. The summed E-state index contributed by atoms with van der Waals surface area (Å²) >= 11 is 2.82. The zero-order valence-electron chi connectivity index (χ0n) is 6.10. The van der Waals surface area contributed by atoms with Crippen molar-refractivity contribution in [3.63, 3.8) is 0 Å². The molecule has 0 aliphatic heterocycles. The molecule has 0 spiro atoms. The van der Waals surface area contributed by atoms with Crippen LogP contribution in [0.1, 0.15) is 0 Å². The van der Waals surface area contributed by atoms with Gasteiger partial charge < -0.3 is 10.5 Å². The fourth-order valence-electron chi connectivity index (χ4n) is 0.619. The van der Waals surface area contributed by atoms with Gasteiger partial charge in [0.05, 0.1) is 5.69 Å². The van der Waals surface area contributed by atoms with E-state index < -0.39 is 12.2 Å². The number of ether oxygens (including phenoxy) is 1. The summed E-state index contributed by atoms with van der Waals surface area (Å²) in [6.45, 7) is 0. The molecule has 0 aromatic carbocycles. The molecule has 0 aliphatic carbocycles. The molecule has 0 unspecified atom stereocenters. The van der Waals surface area contributed by atoms with Gasteiger partial charge in [-0.1, -0.05) is 0 Å². The van der Waals surface area contributed by atoms with Crippen molar-refractivity contribution in [1.29, 1.82) is 0 Å². The minimum Gasteiger partial charge on any atom is -0.398 e. The molecule has 0 saturated heterocycles. The number of rotatable bonds is 1. The van der Waals surface area contributed by atoms with E-state index in [1.54, 1.807) is 0 Å². The SMILES string of the molecule is Nc1ccnc(OC(F)(F)F)c1Br. The zero-order valence-corrected chi connectivity index (χ0v) is 7.69. The number of nitrogen functional groups attached to an aromatic ring is 1. The van der Waals surface area contributed by atoms with E-state index in [2.05, 4.69) is 25.7 Å². The maximum atomic E-state index is 11.7. The van der Waals surface area contributed by atoms with Crippen molar-refractivity contribution in [2.45, 2.75) is 6.36 Å². The molecule has 1 aromatic rings. The van der Waals surface area contributed by atoms with E-state index in [-0.39, 0.29) is 10.2 Å². The van der Waals surface area contributed by atoms with Crippen molar-refractivity contribution < 1.29 is 17.9 Å². The van der Waals surface area contributed by atoms with Crippen LogP contribution in [0.4, 0.5) is 18.9 Å². The standard InChI is InChI=1S/C6H4BrF3N2O/c7-4-3(11)1-2-12-5(4)13-6(8,9)10/h1-2H,(H2,11,12). The lowest BCUT2D eigenvalue weighted by Gasteiger charge is -2.09. The molecule has 0 saturated carbocycles. The van der Waals surface area contributed by atoms with Crippen LogP contribution in [0.3, 0.4) is 0 Å². The Morgan fingerprint density at radius 2 is 2.08 bits per heavy atom. The van der Waals surface area contributed by atoms with E-state index >= 15 is 0 Å². The fourth-order valence-corrected chi connectivity index (χ4v) is 0.935. The van der Waals surface area contributed by atoms with Gasteiger partial charge in [-0.2, -0.15) is 0 Å². The van der Waals surface area contributed by atoms with Crippen LogP contribution < -0.4 is 10.5 Å². The van der Waals surface area contributed by atoms with Gasteiger partial charge in [-0.3, -0.25) is 0 Å². The summed E-state index contributed by atoms with van der Waals surface area (Å²) in [6.07, 6.45) is -3.63. The number of alkyl halides is 3. The average molecular weight is 257 g/mol. The molecule has 3 nitrogen and oxygen atoms in total. The lowest BCUT2D eigenvalue weighted by Crippen LogP contribution is -2.18. The Balaban J connectivity index is 2.96. The van der Waals surface area contributed by atoms with Crippen LogP contribution in [0, 0.1) is 0 Å². The number of aromatic nitrogens is 1. The molecule has 1 rings (SSSR count). The summed E-state index contributed by atoms with van der Waals surface area (Å²) in [5.74, 6) is -0.590. The first-order valence-electron chi connectivity index (χ1n) is 3.06. The van der Waals surface area contributed by atoms with E-state index in [1.807, 2.05) is 0 Å². The second-order valence-electron chi connectivity index (χ2n) is 2.07. The molecule has 7 heteroatoms. The third-order valence-corrected chi connectivity index (χ3v) is 1.90. The Morgan fingerprint density at radius 1 is 1.46 bits per heavy atom. The molecule has 1 heterocycles. The Kier molecular flexibility index (Phi) is 2.65. The number of nitrogens with two attached hydrogens (primary N) is 1. The summed E-state index contributed by atoms with van der Waals surface area (Å²) in [4.78, 5) is 3.36. The summed E-state index contributed by atoms with van der Waals surface area (Å²) in [7, 11) is 0. The number of hydrogen-bond donors (Lipinski definition) is 1. The molecule has 0 aliphatic rings. The first kappa shape index (κ1) is 10.1. The minimum absolute atomic E-state index is 0.00711. The Labute approximate surface area is 79.8 Å². The van der Waals surface area contributed by atoms with Gasteiger partial charge in [0.25, 0.3) is 0 Å². The maximum Gasteiger partial charge on any atom is 0.574 e. The first-order valence-corrected chi connectivity index (χ1v) is 3.85. The highest BCUT2D eigenvalue weighted by molar-refractivity contribution is 9.10. The van der Waals surface area contributed by atoms with Gasteiger partial charge in [0.1, 0.15) is 4.47 Å². The predicted octanol–water partition coefficient (Wildman–Crippen LogP) is 2.32. The van der Waals surface area contributed by atoms with Gasteiger partial charge >= 0.3 is 6.36 Å². The van der Waals surface area contributed by atoms with Gasteiger partial charge in [0.15, 0.2) is 0 Å². The Bertz CT molecular complexity index is 315.